The number of nitrogens with zero attached hydrogens (tertiary/aromatic N) is 4. The van der Waals surface area contributed by atoms with Gasteiger partial charge in [-0.1, -0.05) is 17.7 Å². The summed E-state index contributed by atoms with van der Waals surface area (Å²) in [7, 11) is 1.27. The van der Waals surface area contributed by atoms with Gasteiger partial charge in [0.15, 0.2) is 0 Å². The summed E-state index contributed by atoms with van der Waals surface area (Å²) in [6, 6.07) is 11.6. The lowest BCUT2D eigenvalue weighted by Gasteiger charge is -2.20. The van der Waals surface area contributed by atoms with Gasteiger partial charge < -0.3 is 19.7 Å². The van der Waals surface area contributed by atoms with Crippen molar-refractivity contribution in [1.82, 2.24) is 19.5 Å². The van der Waals surface area contributed by atoms with Crippen molar-refractivity contribution in [1.29, 1.82) is 0 Å². The number of nitrogens with one attached hydrogen (secondary N) is 1. The first-order valence-corrected chi connectivity index (χ1v) is 11.2. The Bertz CT molecular complexity index is 1460. The first-order chi connectivity index (χ1) is 17.4. The van der Waals surface area contributed by atoms with E-state index in [-0.39, 0.29) is 35.3 Å². The first kappa shape index (κ1) is 25.0. The second kappa shape index (κ2) is 11.1. The number of aliphatic hydroxyl groups is 1. The number of aromatic nitrogens is 4. The molecular weight excluding hydrogens is 489 g/mol. The van der Waals surface area contributed by atoms with Gasteiger partial charge in [0.2, 0.25) is 5.95 Å². The molecule has 0 unspecified atom stereocenters. The molecule has 0 bridgehead atoms. The molecule has 36 heavy (non-hydrogen) atoms. The van der Waals surface area contributed by atoms with Crippen LogP contribution in [0.5, 0.6) is 0 Å². The highest BCUT2D eigenvalue weighted by molar-refractivity contribution is 6.30. The highest BCUT2D eigenvalue weighted by atomic mass is 35.5. The second-order valence-corrected chi connectivity index (χ2v) is 8.08. The number of ether oxygens (including phenoxy) is 1. The fourth-order valence-corrected chi connectivity index (χ4v) is 3.77. The molecular formula is C25H21ClFN5O4. The number of hydrogen-bond acceptors (Lipinski definition) is 8. The van der Waals surface area contributed by atoms with E-state index >= 15 is 0 Å². The Labute approximate surface area is 210 Å². The summed E-state index contributed by atoms with van der Waals surface area (Å²) in [5.74, 6) is -0.932. The van der Waals surface area contributed by atoms with E-state index in [1.54, 1.807) is 30.5 Å². The number of benzene rings is 1. The van der Waals surface area contributed by atoms with Gasteiger partial charge in [0.1, 0.15) is 11.5 Å². The van der Waals surface area contributed by atoms with Crippen LogP contribution in [-0.4, -0.2) is 44.3 Å². The molecule has 0 amide bonds. The van der Waals surface area contributed by atoms with Gasteiger partial charge in [-0.25, -0.2) is 24.1 Å². The van der Waals surface area contributed by atoms with Crippen molar-refractivity contribution in [3.63, 3.8) is 0 Å². The summed E-state index contributed by atoms with van der Waals surface area (Å²) in [5.41, 5.74) is 1.83. The minimum absolute atomic E-state index is 0.0225. The lowest BCUT2D eigenvalue weighted by Crippen LogP contribution is -2.25. The third-order valence-corrected chi connectivity index (χ3v) is 5.68. The lowest BCUT2D eigenvalue weighted by atomic mass is 10.0. The van der Waals surface area contributed by atoms with E-state index in [1.165, 1.54) is 48.3 Å². The van der Waals surface area contributed by atoms with Gasteiger partial charge in [-0.2, -0.15) is 0 Å². The Morgan fingerprint density at radius 1 is 1.17 bits per heavy atom. The second-order valence-electron chi connectivity index (χ2n) is 7.67. The summed E-state index contributed by atoms with van der Waals surface area (Å²) < 4.78 is 20.1. The maximum absolute atomic E-state index is 14.0. The Balaban J connectivity index is 1.61. The van der Waals surface area contributed by atoms with Crippen molar-refractivity contribution in [3.05, 3.63) is 99.6 Å². The Hall–Kier alpha value is -4.15. The van der Waals surface area contributed by atoms with Crippen LogP contribution in [-0.2, 0) is 4.74 Å². The predicted molar refractivity (Wildman–Crippen MR) is 132 cm³/mol. The smallest absolute Gasteiger partial charge is 0.356 e. The number of esters is 1. The number of methoxy groups -OCH3 is 1. The summed E-state index contributed by atoms with van der Waals surface area (Å²) in [6.07, 6.45) is 4.77. The highest BCUT2D eigenvalue weighted by Crippen LogP contribution is 2.26. The lowest BCUT2D eigenvalue weighted by molar-refractivity contribution is 0.0594. The number of carbonyl (C=O) groups is 1. The fraction of sp³-hybridized carbons (Fsp3) is 0.160. The van der Waals surface area contributed by atoms with E-state index in [1.807, 2.05) is 0 Å². The minimum Gasteiger partial charge on any atom is -0.464 e. The van der Waals surface area contributed by atoms with E-state index in [2.05, 4.69) is 25.0 Å². The number of pyridine rings is 2. The third kappa shape index (κ3) is 5.56. The predicted octanol–water partition coefficient (Wildman–Crippen LogP) is 3.99. The van der Waals surface area contributed by atoms with Crippen LogP contribution < -0.4 is 10.9 Å². The Kier molecular flexibility index (Phi) is 7.67. The quantitative estimate of drug-likeness (QED) is 0.342. The van der Waals surface area contributed by atoms with Crippen LogP contribution >= 0.6 is 11.6 Å². The molecule has 0 aliphatic rings. The summed E-state index contributed by atoms with van der Waals surface area (Å²) in [4.78, 5) is 37.3. The van der Waals surface area contributed by atoms with Gasteiger partial charge in [0, 0.05) is 42.5 Å². The molecule has 0 aliphatic heterocycles. The molecule has 3 aromatic heterocycles. The molecule has 0 fully saturated rings. The van der Waals surface area contributed by atoms with Crippen molar-refractivity contribution in [2.45, 2.75) is 12.5 Å². The largest absolute Gasteiger partial charge is 0.464 e. The van der Waals surface area contributed by atoms with E-state index in [9.17, 15) is 19.1 Å². The highest BCUT2D eigenvalue weighted by Gasteiger charge is 2.17. The average molecular weight is 510 g/mol. The summed E-state index contributed by atoms with van der Waals surface area (Å²) in [5, 5.41) is 12.5. The van der Waals surface area contributed by atoms with Gasteiger partial charge in [0.25, 0.3) is 5.56 Å². The molecule has 0 spiro atoms. The van der Waals surface area contributed by atoms with E-state index in [0.29, 0.717) is 22.5 Å². The van der Waals surface area contributed by atoms with E-state index < -0.39 is 17.8 Å². The molecule has 4 aromatic rings. The average Bonchev–Trinajstić information content (AvgIpc) is 2.89. The number of halogens is 2. The van der Waals surface area contributed by atoms with Crippen molar-refractivity contribution < 1.29 is 19.0 Å². The number of carbonyl (C=O) groups excluding carboxylic acids is 1. The first-order valence-electron chi connectivity index (χ1n) is 10.8. The standard InChI is InChI=1S/C25H21ClFN5O4/c1-36-24(35)21-14-17(4-8-28-21)30-25-29-9-5-20(31-25)15-6-10-32(23(34)13-15)22(7-11-33)16-2-3-18(26)19(27)12-16/h2-6,8-10,12-14,22,33H,7,11H2,1H3,(H,28,29,30,31)/t22-/m1/s1. The molecule has 3 heterocycles. The zero-order valence-corrected chi connectivity index (χ0v) is 19.8. The number of anilines is 2. The fourth-order valence-electron chi connectivity index (χ4n) is 3.65. The molecule has 0 saturated heterocycles. The SMILES string of the molecule is COC(=O)c1cc(Nc2nccc(-c3ccn([C@H](CCO)c4ccc(Cl)c(F)c4)c(=O)c3)n2)ccn1. The van der Waals surface area contributed by atoms with Crippen LogP contribution in [0.3, 0.4) is 0 Å². The van der Waals surface area contributed by atoms with Crippen molar-refractivity contribution in [3.8, 4) is 11.3 Å². The van der Waals surface area contributed by atoms with Gasteiger partial charge >= 0.3 is 5.97 Å². The van der Waals surface area contributed by atoms with Crippen LogP contribution in [0, 0.1) is 5.82 Å². The summed E-state index contributed by atoms with van der Waals surface area (Å²) in [6.45, 7) is -0.198. The maximum atomic E-state index is 14.0. The Morgan fingerprint density at radius 3 is 2.69 bits per heavy atom. The molecule has 184 valence electrons. The van der Waals surface area contributed by atoms with Crippen LogP contribution in [0.15, 0.2) is 71.9 Å². The molecule has 11 heteroatoms. The molecule has 4 rings (SSSR count). The number of hydrogen-bond donors (Lipinski definition) is 2. The third-order valence-electron chi connectivity index (χ3n) is 5.38. The zero-order valence-electron chi connectivity index (χ0n) is 19.1. The number of aliphatic hydroxyl groups excluding tert-OH is 1. The van der Waals surface area contributed by atoms with Gasteiger partial charge in [-0.3, -0.25) is 4.79 Å². The topological polar surface area (TPSA) is 119 Å². The van der Waals surface area contributed by atoms with Crippen LogP contribution in [0.2, 0.25) is 5.02 Å². The van der Waals surface area contributed by atoms with Crippen LogP contribution in [0.25, 0.3) is 11.3 Å². The van der Waals surface area contributed by atoms with Crippen molar-refractivity contribution in [2.75, 3.05) is 19.0 Å². The zero-order chi connectivity index (χ0) is 25.7. The molecule has 1 aromatic carbocycles. The van der Waals surface area contributed by atoms with E-state index in [0.717, 1.165) is 0 Å². The molecule has 1 atom stereocenters. The number of rotatable bonds is 8. The summed E-state index contributed by atoms with van der Waals surface area (Å²) >= 11 is 5.79. The molecule has 0 aliphatic carbocycles. The van der Waals surface area contributed by atoms with Gasteiger partial charge in [0.05, 0.1) is 23.9 Å². The van der Waals surface area contributed by atoms with Crippen molar-refractivity contribution in [2.24, 2.45) is 0 Å². The monoisotopic (exact) mass is 509 g/mol. The van der Waals surface area contributed by atoms with E-state index in [4.69, 9.17) is 11.6 Å². The molecule has 9 nitrogen and oxygen atoms in total. The Morgan fingerprint density at radius 2 is 1.97 bits per heavy atom. The van der Waals surface area contributed by atoms with Gasteiger partial charge in [-0.05, 0) is 48.4 Å². The van der Waals surface area contributed by atoms with Crippen LogP contribution in [0.4, 0.5) is 16.0 Å². The molecule has 0 radical (unpaired) electrons. The molecule has 0 saturated carbocycles. The normalized spacial score (nSPS) is 11.7. The van der Waals surface area contributed by atoms with Crippen LogP contribution in [0.1, 0.15) is 28.5 Å². The maximum Gasteiger partial charge on any atom is 0.356 e. The minimum atomic E-state index is -0.601. The molecule has 2 N–H and O–H groups in total. The van der Waals surface area contributed by atoms with Gasteiger partial charge in [-0.15, -0.1) is 0 Å². The van der Waals surface area contributed by atoms with Crippen molar-refractivity contribution >= 4 is 29.2 Å².